The molecule has 114 valence electrons. The van der Waals surface area contributed by atoms with Crippen molar-refractivity contribution in [3.05, 3.63) is 64.6 Å². The molecule has 0 aliphatic heterocycles. The zero-order valence-corrected chi connectivity index (χ0v) is 12.5. The fraction of sp³-hybridized carbons (Fsp3) is 0.125. The number of halogens is 1. The first-order valence-electron chi connectivity index (χ1n) is 6.36. The second-order valence-electron chi connectivity index (χ2n) is 4.21. The van der Waals surface area contributed by atoms with E-state index in [2.05, 4.69) is 4.74 Å². The molecule has 0 aliphatic rings. The molecular formula is C16H13ClO5. The average molecular weight is 321 g/mol. The van der Waals surface area contributed by atoms with Gasteiger partial charge in [0.25, 0.3) is 0 Å². The molecule has 0 N–H and O–H groups in total. The van der Waals surface area contributed by atoms with Crippen molar-refractivity contribution in [1.29, 1.82) is 0 Å². The first-order valence-corrected chi connectivity index (χ1v) is 6.73. The summed E-state index contributed by atoms with van der Waals surface area (Å²) in [5, 5.41) is 0.533. The van der Waals surface area contributed by atoms with Crippen LogP contribution in [0.2, 0.25) is 5.02 Å². The minimum absolute atomic E-state index is 0.164. The predicted octanol–water partition coefficient (Wildman–Crippen LogP) is 3.48. The van der Waals surface area contributed by atoms with Crippen LogP contribution in [0.25, 0.3) is 6.08 Å². The number of carbonyl (C=O) groups excluding carboxylic acids is 2. The summed E-state index contributed by atoms with van der Waals surface area (Å²) in [6.45, 7) is -0.164. The van der Waals surface area contributed by atoms with Crippen LogP contribution < -0.4 is 0 Å². The van der Waals surface area contributed by atoms with E-state index in [9.17, 15) is 9.59 Å². The van der Waals surface area contributed by atoms with Gasteiger partial charge in [0, 0.05) is 11.1 Å². The van der Waals surface area contributed by atoms with Gasteiger partial charge in [-0.3, -0.25) is 0 Å². The molecule has 0 spiro atoms. The maximum Gasteiger partial charge on any atom is 0.341 e. The van der Waals surface area contributed by atoms with Gasteiger partial charge in [0.05, 0.1) is 13.4 Å². The lowest BCUT2D eigenvalue weighted by atomic mass is 10.2. The van der Waals surface area contributed by atoms with Gasteiger partial charge in [0.15, 0.2) is 12.4 Å². The number of ether oxygens (including phenoxy) is 2. The van der Waals surface area contributed by atoms with Gasteiger partial charge in [0.1, 0.15) is 5.56 Å². The summed E-state index contributed by atoms with van der Waals surface area (Å²) in [6.07, 6.45) is 4.13. The van der Waals surface area contributed by atoms with Crippen LogP contribution in [0.4, 0.5) is 0 Å². The van der Waals surface area contributed by atoms with Crippen molar-refractivity contribution in [3.63, 3.8) is 0 Å². The third-order valence-corrected chi connectivity index (χ3v) is 3.14. The van der Waals surface area contributed by atoms with Crippen molar-refractivity contribution < 1.29 is 23.5 Å². The summed E-state index contributed by atoms with van der Waals surface area (Å²) in [6, 6.07) is 8.55. The second-order valence-corrected chi connectivity index (χ2v) is 4.62. The van der Waals surface area contributed by atoms with Gasteiger partial charge in [0.2, 0.25) is 0 Å². The van der Waals surface area contributed by atoms with Crippen LogP contribution in [-0.4, -0.2) is 19.0 Å². The fourth-order valence-corrected chi connectivity index (χ4v) is 1.90. The van der Waals surface area contributed by atoms with Gasteiger partial charge in [-0.25, -0.2) is 9.59 Å². The maximum absolute atomic E-state index is 11.7. The van der Waals surface area contributed by atoms with E-state index in [0.29, 0.717) is 10.6 Å². The van der Waals surface area contributed by atoms with Gasteiger partial charge in [-0.2, -0.15) is 0 Å². The average Bonchev–Trinajstić information content (AvgIpc) is 3.00. The van der Waals surface area contributed by atoms with E-state index in [1.807, 2.05) is 6.07 Å². The first-order chi connectivity index (χ1) is 10.6. The highest BCUT2D eigenvalue weighted by Gasteiger charge is 2.16. The van der Waals surface area contributed by atoms with Gasteiger partial charge in [-0.15, -0.1) is 0 Å². The van der Waals surface area contributed by atoms with Crippen molar-refractivity contribution in [3.8, 4) is 0 Å². The van der Waals surface area contributed by atoms with Crippen LogP contribution >= 0.6 is 11.6 Å². The van der Waals surface area contributed by atoms with Crippen LogP contribution in [0.3, 0.4) is 0 Å². The molecule has 1 aromatic heterocycles. The van der Waals surface area contributed by atoms with Crippen LogP contribution in [-0.2, 0) is 20.9 Å². The zero-order valence-electron chi connectivity index (χ0n) is 11.7. The number of esters is 2. The Morgan fingerprint density at radius 2 is 2.05 bits per heavy atom. The largest absolute Gasteiger partial charge is 0.465 e. The highest BCUT2D eigenvalue weighted by molar-refractivity contribution is 6.32. The first kappa shape index (κ1) is 15.9. The van der Waals surface area contributed by atoms with Crippen LogP contribution in [0.15, 0.2) is 47.1 Å². The smallest absolute Gasteiger partial charge is 0.341 e. The molecule has 0 bridgehead atoms. The molecule has 0 fully saturated rings. The summed E-state index contributed by atoms with van der Waals surface area (Å²) in [7, 11) is 1.26. The van der Waals surface area contributed by atoms with E-state index in [1.54, 1.807) is 24.3 Å². The molecule has 0 atom stereocenters. The summed E-state index contributed by atoms with van der Waals surface area (Å²) >= 11 is 5.97. The van der Waals surface area contributed by atoms with E-state index >= 15 is 0 Å². The maximum atomic E-state index is 11.7. The third-order valence-electron chi connectivity index (χ3n) is 2.80. The molecular weight excluding hydrogens is 308 g/mol. The molecule has 2 rings (SSSR count). The molecule has 0 aliphatic carbocycles. The molecule has 1 aromatic carbocycles. The van der Waals surface area contributed by atoms with Crippen molar-refractivity contribution in [2.24, 2.45) is 0 Å². The lowest BCUT2D eigenvalue weighted by Gasteiger charge is -2.02. The normalized spacial score (nSPS) is 10.6. The van der Waals surface area contributed by atoms with Crippen molar-refractivity contribution in [1.82, 2.24) is 0 Å². The molecule has 5 nitrogen and oxygen atoms in total. The summed E-state index contributed by atoms with van der Waals surface area (Å²) in [5.74, 6) is -0.898. The minimum atomic E-state index is -0.577. The Morgan fingerprint density at radius 1 is 1.27 bits per heavy atom. The van der Waals surface area contributed by atoms with Gasteiger partial charge >= 0.3 is 11.9 Å². The molecule has 0 amide bonds. The Bertz CT molecular complexity index is 702. The van der Waals surface area contributed by atoms with E-state index in [1.165, 1.54) is 25.5 Å². The fourth-order valence-electron chi connectivity index (χ4n) is 1.70. The summed E-state index contributed by atoms with van der Waals surface area (Å²) in [5.41, 5.74) is 0.930. The van der Waals surface area contributed by atoms with Gasteiger partial charge < -0.3 is 13.9 Å². The molecule has 0 radical (unpaired) electrons. The van der Waals surface area contributed by atoms with Crippen LogP contribution in [0.1, 0.15) is 21.7 Å². The zero-order chi connectivity index (χ0) is 15.9. The van der Waals surface area contributed by atoms with E-state index in [4.69, 9.17) is 20.8 Å². The van der Waals surface area contributed by atoms with E-state index < -0.39 is 11.9 Å². The van der Waals surface area contributed by atoms with Gasteiger partial charge in [-0.1, -0.05) is 29.8 Å². The minimum Gasteiger partial charge on any atom is -0.465 e. The molecule has 0 saturated carbocycles. The lowest BCUT2D eigenvalue weighted by molar-refractivity contribution is -0.139. The quantitative estimate of drug-likeness (QED) is 0.623. The summed E-state index contributed by atoms with van der Waals surface area (Å²) in [4.78, 5) is 23.1. The Kier molecular flexibility index (Phi) is 5.38. The van der Waals surface area contributed by atoms with E-state index in [-0.39, 0.29) is 17.9 Å². The standard InChI is InChI=1S/C16H13ClO5/c1-20-16(19)12-8-9-21-14(12)10-22-15(18)7-6-11-4-2-3-5-13(11)17/h2-9H,10H2,1H3/b7-6+. The lowest BCUT2D eigenvalue weighted by Crippen LogP contribution is -2.06. The van der Waals surface area contributed by atoms with E-state index in [0.717, 1.165) is 0 Å². The topological polar surface area (TPSA) is 65.7 Å². The molecule has 1 heterocycles. The number of hydrogen-bond acceptors (Lipinski definition) is 5. The number of carbonyl (C=O) groups is 2. The molecule has 0 saturated heterocycles. The predicted molar refractivity (Wildman–Crippen MR) is 80.3 cm³/mol. The molecule has 6 heteroatoms. The highest BCUT2D eigenvalue weighted by Crippen LogP contribution is 2.17. The van der Waals surface area contributed by atoms with Crippen LogP contribution in [0.5, 0.6) is 0 Å². The molecule has 2 aromatic rings. The number of benzene rings is 1. The van der Waals surface area contributed by atoms with Crippen LogP contribution in [0, 0.1) is 0 Å². The molecule has 22 heavy (non-hydrogen) atoms. The number of rotatable bonds is 5. The number of furan rings is 1. The SMILES string of the molecule is COC(=O)c1ccoc1COC(=O)/C=C/c1ccccc1Cl. The Hall–Kier alpha value is -2.53. The van der Waals surface area contributed by atoms with Crippen molar-refractivity contribution >= 4 is 29.6 Å². The Morgan fingerprint density at radius 3 is 2.77 bits per heavy atom. The monoisotopic (exact) mass is 320 g/mol. The Labute approximate surface area is 132 Å². The molecule has 0 unspecified atom stereocenters. The van der Waals surface area contributed by atoms with Gasteiger partial charge in [-0.05, 0) is 23.8 Å². The number of hydrogen-bond donors (Lipinski definition) is 0. The third kappa shape index (κ3) is 3.99. The summed E-state index contributed by atoms with van der Waals surface area (Å²) < 4.78 is 14.7. The highest BCUT2D eigenvalue weighted by atomic mass is 35.5. The number of methoxy groups -OCH3 is 1. The second kappa shape index (κ2) is 7.47. The Balaban J connectivity index is 1.95. The van der Waals surface area contributed by atoms with Crippen molar-refractivity contribution in [2.75, 3.05) is 7.11 Å². The van der Waals surface area contributed by atoms with Crippen molar-refractivity contribution in [2.45, 2.75) is 6.61 Å².